The molecule has 3 nitrogen and oxygen atoms in total. The number of sulfonamides is 1. The minimum atomic E-state index is -3.34. The van der Waals surface area contributed by atoms with Crippen LogP contribution in [0.15, 0.2) is 29.2 Å². The Morgan fingerprint density at radius 2 is 1.67 bits per heavy atom. The molecule has 0 spiro atoms. The summed E-state index contributed by atoms with van der Waals surface area (Å²) in [6.45, 7) is 10.8. The standard InChI is InChI=1S/C14H21NO2S/c1-11-6-8-12(9-7-11)18(16,17)15-10-14(15,5)13(2,3)4/h6-9H,10H2,1-5H3. The van der Waals surface area contributed by atoms with Crippen molar-refractivity contribution in [1.29, 1.82) is 0 Å². The van der Waals surface area contributed by atoms with Crippen molar-refractivity contribution in [3.05, 3.63) is 29.8 Å². The monoisotopic (exact) mass is 267 g/mol. The summed E-state index contributed by atoms with van der Waals surface area (Å²) in [6, 6.07) is 7.05. The second kappa shape index (κ2) is 3.81. The van der Waals surface area contributed by atoms with Gasteiger partial charge in [-0.3, -0.25) is 0 Å². The van der Waals surface area contributed by atoms with Gasteiger partial charge < -0.3 is 0 Å². The number of benzene rings is 1. The highest BCUT2D eigenvalue weighted by molar-refractivity contribution is 7.89. The highest BCUT2D eigenvalue weighted by atomic mass is 32.2. The van der Waals surface area contributed by atoms with Gasteiger partial charge in [-0.15, -0.1) is 0 Å². The van der Waals surface area contributed by atoms with E-state index in [9.17, 15) is 8.42 Å². The van der Waals surface area contributed by atoms with Crippen molar-refractivity contribution in [3.63, 3.8) is 0 Å². The van der Waals surface area contributed by atoms with Crippen LogP contribution in [0, 0.1) is 12.3 Å². The highest BCUT2D eigenvalue weighted by Gasteiger charge is 2.61. The van der Waals surface area contributed by atoms with Crippen LogP contribution in [0.25, 0.3) is 0 Å². The Morgan fingerprint density at radius 3 is 2.06 bits per heavy atom. The first-order valence-electron chi connectivity index (χ1n) is 6.18. The predicted octanol–water partition coefficient (Wildman–Crippen LogP) is 2.80. The molecule has 2 atom stereocenters. The molecule has 1 heterocycles. The molecule has 1 saturated heterocycles. The Balaban J connectivity index is 2.33. The van der Waals surface area contributed by atoms with Gasteiger partial charge in [-0.1, -0.05) is 38.5 Å². The van der Waals surface area contributed by atoms with Gasteiger partial charge in [-0.25, -0.2) is 8.42 Å². The molecule has 1 aliphatic heterocycles. The number of aryl methyl sites for hydroxylation is 1. The summed E-state index contributed by atoms with van der Waals surface area (Å²) in [5, 5.41) is 0. The maximum atomic E-state index is 12.5. The smallest absolute Gasteiger partial charge is 0.207 e. The van der Waals surface area contributed by atoms with Crippen molar-refractivity contribution in [2.75, 3.05) is 6.54 Å². The third-order valence-electron chi connectivity index (χ3n) is 4.12. The van der Waals surface area contributed by atoms with Gasteiger partial charge in [0.25, 0.3) is 0 Å². The highest BCUT2D eigenvalue weighted by Crippen LogP contribution is 2.49. The summed E-state index contributed by atoms with van der Waals surface area (Å²) < 4.78 is 26.6. The minimum Gasteiger partial charge on any atom is -0.207 e. The van der Waals surface area contributed by atoms with Gasteiger partial charge in [0.1, 0.15) is 0 Å². The summed E-state index contributed by atoms with van der Waals surface area (Å²) in [7, 11) is -3.34. The average Bonchev–Trinajstić information content (AvgIpc) is 2.93. The molecule has 0 radical (unpaired) electrons. The van der Waals surface area contributed by atoms with E-state index in [1.807, 2.05) is 26.0 Å². The Hall–Kier alpha value is -0.870. The zero-order valence-corrected chi connectivity index (χ0v) is 12.5. The van der Waals surface area contributed by atoms with E-state index < -0.39 is 10.0 Å². The second-order valence-electron chi connectivity index (χ2n) is 6.35. The van der Waals surface area contributed by atoms with E-state index >= 15 is 0 Å². The van der Waals surface area contributed by atoms with Crippen LogP contribution < -0.4 is 0 Å². The van der Waals surface area contributed by atoms with Crippen molar-refractivity contribution in [2.45, 2.75) is 45.1 Å². The molecule has 4 heteroatoms. The molecule has 1 aromatic rings. The molecule has 2 rings (SSSR count). The minimum absolute atomic E-state index is 0.0508. The zero-order chi connectivity index (χ0) is 13.8. The molecule has 0 aromatic heterocycles. The lowest BCUT2D eigenvalue weighted by atomic mass is 9.82. The van der Waals surface area contributed by atoms with Crippen LogP contribution in [0.4, 0.5) is 0 Å². The van der Waals surface area contributed by atoms with Crippen LogP contribution in [-0.4, -0.2) is 24.8 Å². The third-order valence-corrected chi connectivity index (χ3v) is 6.10. The number of hydrogen-bond acceptors (Lipinski definition) is 2. The van der Waals surface area contributed by atoms with E-state index in [-0.39, 0.29) is 11.0 Å². The van der Waals surface area contributed by atoms with Gasteiger partial charge in [-0.2, -0.15) is 4.31 Å². The molecule has 100 valence electrons. The fourth-order valence-electron chi connectivity index (χ4n) is 2.04. The molecule has 0 N–H and O–H groups in total. The summed E-state index contributed by atoms with van der Waals surface area (Å²) in [5.41, 5.74) is 0.750. The largest absolute Gasteiger partial charge is 0.243 e. The van der Waals surface area contributed by atoms with Crippen LogP contribution in [0.2, 0.25) is 0 Å². The molecule has 1 fully saturated rings. The molecule has 2 unspecified atom stereocenters. The first-order valence-corrected chi connectivity index (χ1v) is 7.62. The van der Waals surface area contributed by atoms with Gasteiger partial charge >= 0.3 is 0 Å². The van der Waals surface area contributed by atoms with Gasteiger partial charge in [0.2, 0.25) is 10.0 Å². The Labute approximate surface area is 110 Å². The number of rotatable bonds is 2. The van der Waals surface area contributed by atoms with Gasteiger partial charge in [0, 0.05) is 6.54 Å². The lowest BCUT2D eigenvalue weighted by Gasteiger charge is -2.27. The van der Waals surface area contributed by atoms with E-state index in [1.54, 1.807) is 16.4 Å². The summed E-state index contributed by atoms with van der Waals surface area (Å²) in [6.07, 6.45) is 0. The van der Waals surface area contributed by atoms with Crippen molar-refractivity contribution in [3.8, 4) is 0 Å². The number of nitrogens with zero attached hydrogens (tertiary/aromatic N) is 1. The van der Waals surface area contributed by atoms with E-state index in [1.165, 1.54) is 0 Å². The SMILES string of the molecule is Cc1ccc(S(=O)(=O)N2CC2(C)C(C)(C)C)cc1. The lowest BCUT2D eigenvalue weighted by molar-refractivity contribution is 0.275. The summed E-state index contributed by atoms with van der Waals surface area (Å²) >= 11 is 0. The van der Waals surface area contributed by atoms with Crippen LogP contribution in [-0.2, 0) is 10.0 Å². The maximum absolute atomic E-state index is 12.5. The molecule has 1 aliphatic rings. The van der Waals surface area contributed by atoms with Gasteiger partial charge in [0.15, 0.2) is 0 Å². The van der Waals surface area contributed by atoms with Crippen molar-refractivity contribution in [1.82, 2.24) is 4.31 Å². The van der Waals surface area contributed by atoms with Gasteiger partial charge in [0.05, 0.1) is 10.4 Å². The molecular weight excluding hydrogens is 246 g/mol. The van der Waals surface area contributed by atoms with E-state index in [4.69, 9.17) is 0 Å². The third kappa shape index (κ3) is 1.97. The van der Waals surface area contributed by atoms with Crippen LogP contribution in [0.3, 0.4) is 0 Å². The Morgan fingerprint density at radius 1 is 1.17 bits per heavy atom. The molecule has 0 aliphatic carbocycles. The normalized spacial score (nSPS) is 28.2. The first-order chi connectivity index (χ1) is 8.09. The average molecular weight is 267 g/mol. The molecule has 0 bridgehead atoms. The van der Waals surface area contributed by atoms with Crippen molar-refractivity contribution >= 4 is 10.0 Å². The lowest BCUT2D eigenvalue weighted by Crippen LogP contribution is -2.33. The molecular formula is C14H21NO2S. The topological polar surface area (TPSA) is 37.1 Å². The predicted molar refractivity (Wildman–Crippen MR) is 72.9 cm³/mol. The number of hydrogen-bond donors (Lipinski definition) is 0. The molecule has 18 heavy (non-hydrogen) atoms. The van der Waals surface area contributed by atoms with E-state index in [2.05, 4.69) is 20.8 Å². The van der Waals surface area contributed by atoms with E-state index in [0.717, 1.165) is 5.56 Å². The van der Waals surface area contributed by atoms with E-state index in [0.29, 0.717) is 11.4 Å². The first kappa shape index (κ1) is 13.6. The summed E-state index contributed by atoms with van der Waals surface area (Å²) in [4.78, 5) is 0.390. The second-order valence-corrected chi connectivity index (χ2v) is 8.21. The van der Waals surface area contributed by atoms with Crippen LogP contribution >= 0.6 is 0 Å². The Kier molecular flexibility index (Phi) is 2.87. The van der Waals surface area contributed by atoms with Crippen LogP contribution in [0.5, 0.6) is 0 Å². The van der Waals surface area contributed by atoms with Crippen molar-refractivity contribution in [2.24, 2.45) is 5.41 Å². The maximum Gasteiger partial charge on any atom is 0.243 e. The zero-order valence-electron chi connectivity index (χ0n) is 11.7. The van der Waals surface area contributed by atoms with Gasteiger partial charge in [-0.05, 0) is 31.4 Å². The fraction of sp³-hybridized carbons (Fsp3) is 0.571. The molecule has 0 amide bonds. The molecule has 1 aromatic carbocycles. The molecule has 0 saturated carbocycles. The van der Waals surface area contributed by atoms with Crippen LogP contribution in [0.1, 0.15) is 33.3 Å². The summed E-state index contributed by atoms with van der Waals surface area (Å²) in [5.74, 6) is 0. The quantitative estimate of drug-likeness (QED) is 0.773. The fourth-order valence-corrected chi connectivity index (χ4v) is 4.00. The Bertz CT molecular complexity index is 554. The van der Waals surface area contributed by atoms with Crippen molar-refractivity contribution < 1.29 is 8.42 Å².